The van der Waals surface area contributed by atoms with Crippen LogP contribution in [0.25, 0.3) is 0 Å². The maximum absolute atomic E-state index is 12.2. The van der Waals surface area contributed by atoms with Gasteiger partial charge in [-0.1, -0.05) is 12.1 Å². The Hall–Kier alpha value is -2.49. The molecular weight excluding hydrogens is 266 g/mol. The lowest BCUT2D eigenvalue weighted by molar-refractivity contribution is 0.0849. The summed E-state index contributed by atoms with van der Waals surface area (Å²) >= 11 is 0. The molecule has 0 amide bonds. The summed E-state index contributed by atoms with van der Waals surface area (Å²) in [5, 5.41) is 9.53. The largest absolute Gasteiger partial charge is 0.508 e. The highest BCUT2D eigenvalue weighted by atomic mass is 16.5. The van der Waals surface area contributed by atoms with Crippen LogP contribution in [0.3, 0.4) is 0 Å². The van der Waals surface area contributed by atoms with Crippen molar-refractivity contribution in [1.82, 2.24) is 0 Å². The van der Waals surface area contributed by atoms with Gasteiger partial charge in [0.25, 0.3) is 0 Å². The molecule has 1 aliphatic heterocycles. The van der Waals surface area contributed by atoms with E-state index in [2.05, 4.69) is 0 Å². The number of aromatic hydroxyl groups is 1. The summed E-state index contributed by atoms with van der Waals surface area (Å²) in [4.78, 5) is 14.2. The van der Waals surface area contributed by atoms with E-state index < -0.39 is 0 Å². The van der Waals surface area contributed by atoms with Crippen molar-refractivity contribution in [2.45, 2.75) is 12.5 Å². The molecular formula is C17H17NO3. The Morgan fingerprint density at radius 2 is 1.86 bits per heavy atom. The number of hydrogen-bond acceptors (Lipinski definition) is 4. The molecule has 0 bridgehead atoms. The number of nitrogens with zero attached hydrogens (tertiary/aromatic N) is 1. The van der Waals surface area contributed by atoms with Gasteiger partial charge in [0.2, 0.25) is 0 Å². The van der Waals surface area contributed by atoms with E-state index in [1.807, 2.05) is 43.3 Å². The number of ether oxygens (including phenoxy) is 1. The maximum Gasteiger partial charge on any atom is 0.170 e. The molecule has 1 N–H and O–H groups in total. The van der Waals surface area contributed by atoms with Crippen LogP contribution in [0.5, 0.6) is 11.5 Å². The molecule has 4 nitrogen and oxygen atoms in total. The number of carbonyl (C=O) groups is 1. The van der Waals surface area contributed by atoms with Gasteiger partial charge in [0, 0.05) is 25.8 Å². The van der Waals surface area contributed by atoms with Crippen LogP contribution in [0.4, 0.5) is 5.69 Å². The summed E-state index contributed by atoms with van der Waals surface area (Å²) in [6.45, 7) is 0. The molecule has 21 heavy (non-hydrogen) atoms. The van der Waals surface area contributed by atoms with Crippen LogP contribution in [0.2, 0.25) is 0 Å². The predicted molar refractivity (Wildman–Crippen MR) is 81.2 cm³/mol. The van der Waals surface area contributed by atoms with Crippen molar-refractivity contribution in [3.05, 3.63) is 53.6 Å². The van der Waals surface area contributed by atoms with E-state index >= 15 is 0 Å². The maximum atomic E-state index is 12.2. The second-order valence-electron chi connectivity index (χ2n) is 5.40. The van der Waals surface area contributed by atoms with Gasteiger partial charge >= 0.3 is 0 Å². The van der Waals surface area contributed by atoms with Crippen LogP contribution >= 0.6 is 0 Å². The van der Waals surface area contributed by atoms with Crippen molar-refractivity contribution in [2.75, 3.05) is 19.0 Å². The van der Waals surface area contributed by atoms with Gasteiger partial charge in [0.1, 0.15) is 17.6 Å². The second kappa shape index (κ2) is 5.13. The van der Waals surface area contributed by atoms with Gasteiger partial charge in [0.15, 0.2) is 5.78 Å². The molecule has 1 unspecified atom stereocenters. The second-order valence-corrected chi connectivity index (χ2v) is 5.40. The van der Waals surface area contributed by atoms with Crippen molar-refractivity contribution >= 4 is 11.5 Å². The number of rotatable bonds is 2. The van der Waals surface area contributed by atoms with Crippen LogP contribution in [-0.4, -0.2) is 25.0 Å². The minimum Gasteiger partial charge on any atom is -0.508 e. The quantitative estimate of drug-likeness (QED) is 0.919. The van der Waals surface area contributed by atoms with Crippen LogP contribution in [0.1, 0.15) is 28.4 Å². The zero-order valence-corrected chi connectivity index (χ0v) is 12.0. The van der Waals surface area contributed by atoms with E-state index in [0.29, 0.717) is 17.7 Å². The number of fused-ring (bicyclic) bond motifs is 1. The zero-order chi connectivity index (χ0) is 15.0. The lowest BCUT2D eigenvalue weighted by Gasteiger charge is -2.26. The average Bonchev–Trinajstić information content (AvgIpc) is 2.46. The third-order valence-electron chi connectivity index (χ3n) is 3.69. The molecule has 0 saturated carbocycles. The van der Waals surface area contributed by atoms with Crippen molar-refractivity contribution in [2.24, 2.45) is 0 Å². The number of phenolic OH excluding ortho intramolecular Hbond substituents is 1. The average molecular weight is 283 g/mol. The molecule has 0 aromatic heterocycles. The van der Waals surface area contributed by atoms with Gasteiger partial charge in [-0.2, -0.15) is 0 Å². The smallest absolute Gasteiger partial charge is 0.170 e. The first kappa shape index (κ1) is 13.5. The van der Waals surface area contributed by atoms with Crippen molar-refractivity contribution in [3.8, 4) is 11.5 Å². The van der Waals surface area contributed by atoms with Crippen LogP contribution in [0, 0.1) is 0 Å². The van der Waals surface area contributed by atoms with E-state index in [0.717, 1.165) is 11.3 Å². The lowest BCUT2D eigenvalue weighted by atomic mass is 9.96. The van der Waals surface area contributed by atoms with Gasteiger partial charge in [-0.15, -0.1) is 0 Å². The number of anilines is 1. The Bertz CT molecular complexity index is 677. The summed E-state index contributed by atoms with van der Waals surface area (Å²) in [7, 11) is 3.96. The topological polar surface area (TPSA) is 49.8 Å². The van der Waals surface area contributed by atoms with Gasteiger partial charge in [-0.05, 0) is 29.8 Å². The van der Waals surface area contributed by atoms with Crippen molar-refractivity contribution < 1.29 is 14.6 Å². The standard InChI is InChI=1S/C17H17NO3/c1-18(2)12-5-3-11(4-6-12)16-10-15(20)14-8-7-13(19)9-17(14)21-16/h3-9,16,19H,10H2,1-2H3. The first-order valence-corrected chi connectivity index (χ1v) is 6.85. The van der Waals surface area contributed by atoms with E-state index in [-0.39, 0.29) is 17.6 Å². The normalized spacial score (nSPS) is 17.0. The fourth-order valence-electron chi connectivity index (χ4n) is 2.49. The van der Waals surface area contributed by atoms with Gasteiger partial charge in [-0.3, -0.25) is 4.79 Å². The number of Topliss-reactive ketones (excluding diaryl/α,β-unsaturated/α-hetero) is 1. The van der Waals surface area contributed by atoms with Crippen LogP contribution in [-0.2, 0) is 0 Å². The summed E-state index contributed by atoms with van der Waals surface area (Å²) < 4.78 is 5.88. The van der Waals surface area contributed by atoms with Gasteiger partial charge in [-0.25, -0.2) is 0 Å². The van der Waals surface area contributed by atoms with Crippen molar-refractivity contribution in [1.29, 1.82) is 0 Å². The Balaban J connectivity index is 1.89. The summed E-state index contributed by atoms with van der Waals surface area (Å²) in [5.74, 6) is 0.594. The highest BCUT2D eigenvalue weighted by Gasteiger charge is 2.27. The molecule has 2 aromatic rings. The molecule has 4 heteroatoms. The highest BCUT2D eigenvalue weighted by Crippen LogP contribution is 2.37. The molecule has 0 aliphatic carbocycles. The molecule has 1 heterocycles. The lowest BCUT2D eigenvalue weighted by Crippen LogP contribution is -2.20. The third kappa shape index (κ3) is 2.57. The van der Waals surface area contributed by atoms with Crippen LogP contribution < -0.4 is 9.64 Å². The van der Waals surface area contributed by atoms with Crippen LogP contribution in [0.15, 0.2) is 42.5 Å². The molecule has 0 radical (unpaired) electrons. The van der Waals surface area contributed by atoms with E-state index in [9.17, 15) is 9.90 Å². The first-order valence-electron chi connectivity index (χ1n) is 6.85. The summed E-state index contributed by atoms with van der Waals surface area (Å²) in [5.41, 5.74) is 2.59. The minimum atomic E-state index is -0.303. The fraction of sp³-hybridized carbons (Fsp3) is 0.235. The fourth-order valence-corrected chi connectivity index (χ4v) is 2.49. The van der Waals surface area contributed by atoms with E-state index in [4.69, 9.17) is 4.74 Å². The SMILES string of the molecule is CN(C)c1ccc(C2CC(=O)c3ccc(O)cc3O2)cc1. The van der Waals surface area contributed by atoms with Gasteiger partial charge in [0.05, 0.1) is 12.0 Å². The van der Waals surface area contributed by atoms with E-state index in [1.54, 1.807) is 6.07 Å². The number of hydrogen-bond donors (Lipinski definition) is 1. The van der Waals surface area contributed by atoms with E-state index in [1.165, 1.54) is 12.1 Å². The Morgan fingerprint density at radius 3 is 2.52 bits per heavy atom. The summed E-state index contributed by atoms with van der Waals surface area (Å²) in [6, 6.07) is 12.6. The molecule has 0 fully saturated rings. The first-order chi connectivity index (χ1) is 10.0. The number of ketones is 1. The number of carbonyl (C=O) groups excluding carboxylic acids is 1. The molecule has 2 aromatic carbocycles. The highest BCUT2D eigenvalue weighted by molar-refractivity contribution is 6.00. The number of phenols is 1. The molecule has 0 saturated heterocycles. The Labute approximate surface area is 123 Å². The summed E-state index contributed by atoms with van der Waals surface area (Å²) in [6.07, 6.45) is 0.0158. The molecule has 3 rings (SSSR count). The Morgan fingerprint density at radius 1 is 1.14 bits per heavy atom. The van der Waals surface area contributed by atoms with Gasteiger partial charge < -0.3 is 14.7 Å². The predicted octanol–water partition coefficient (Wildman–Crippen LogP) is 3.16. The molecule has 0 spiro atoms. The van der Waals surface area contributed by atoms with Crippen molar-refractivity contribution in [3.63, 3.8) is 0 Å². The zero-order valence-electron chi connectivity index (χ0n) is 12.0. The number of benzene rings is 2. The Kier molecular flexibility index (Phi) is 3.29. The minimum absolute atomic E-state index is 0.0398. The molecule has 1 atom stereocenters. The molecule has 1 aliphatic rings. The monoisotopic (exact) mass is 283 g/mol. The third-order valence-corrected chi connectivity index (χ3v) is 3.69. The molecule has 108 valence electrons.